The fourth-order valence-electron chi connectivity index (χ4n) is 1.94. The van der Waals surface area contributed by atoms with E-state index in [4.69, 9.17) is 5.11 Å². The van der Waals surface area contributed by atoms with Gasteiger partial charge in [-0.25, -0.2) is 4.98 Å². The molecule has 1 aromatic heterocycles. The van der Waals surface area contributed by atoms with Gasteiger partial charge in [0.25, 0.3) is 0 Å². The summed E-state index contributed by atoms with van der Waals surface area (Å²) in [5.74, 6) is 6.86. The summed E-state index contributed by atoms with van der Waals surface area (Å²) in [7, 11) is 0. The van der Waals surface area contributed by atoms with E-state index in [0.29, 0.717) is 6.42 Å². The summed E-state index contributed by atoms with van der Waals surface area (Å²) in [6.07, 6.45) is 0.524. The largest absolute Gasteiger partial charge is 0.395 e. The highest BCUT2D eigenvalue weighted by Gasteiger charge is 2.00. The number of aryl methyl sites for hydroxylation is 2. The molecule has 0 amide bonds. The molecule has 0 fully saturated rings. The zero-order chi connectivity index (χ0) is 15.1. The van der Waals surface area contributed by atoms with Crippen molar-refractivity contribution in [1.82, 2.24) is 4.98 Å². The van der Waals surface area contributed by atoms with Crippen LogP contribution in [-0.2, 0) is 5.75 Å². The topological polar surface area (TPSA) is 33.1 Å². The number of pyridine rings is 1. The number of nitrogens with zero attached hydrogens (tertiary/aromatic N) is 1. The van der Waals surface area contributed by atoms with E-state index in [1.165, 1.54) is 11.1 Å². The third-order valence-electron chi connectivity index (χ3n) is 2.88. The van der Waals surface area contributed by atoms with Gasteiger partial charge in [0, 0.05) is 23.4 Å². The van der Waals surface area contributed by atoms with Crippen LogP contribution in [0.1, 0.15) is 28.8 Å². The zero-order valence-corrected chi connectivity index (χ0v) is 13.2. The van der Waals surface area contributed by atoms with Gasteiger partial charge in [-0.15, -0.1) is 11.8 Å². The second kappa shape index (κ2) is 7.87. The van der Waals surface area contributed by atoms with E-state index >= 15 is 0 Å². The average Bonchev–Trinajstić information content (AvgIpc) is 2.46. The molecule has 0 spiro atoms. The number of rotatable bonds is 4. The summed E-state index contributed by atoms with van der Waals surface area (Å²) in [4.78, 5) is 4.53. The van der Waals surface area contributed by atoms with E-state index in [-0.39, 0.29) is 6.61 Å². The Morgan fingerprint density at radius 3 is 2.57 bits per heavy atom. The van der Waals surface area contributed by atoms with E-state index in [1.54, 1.807) is 11.8 Å². The monoisotopic (exact) mass is 297 g/mol. The average molecular weight is 297 g/mol. The van der Waals surface area contributed by atoms with Crippen LogP contribution in [-0.4, -0.2) is 16.7 Å². The highest BCUT2D eigenvalue weighted by Crippen LogP contribution is 2.22. The smallest absolute Gasteiger partial charge is 0.0968 e. The summed E-state index contributed by atoms with van der Waals surface area (Å²) in [5, 5.41) is 9.76. The van der Waals surface area contributed by atoms with E-state index < -0.39 is 0 Å². The van der Waals surface area contributed by atoms with Crippen LogP contribution in [0.15, 0.2) is 41.4 Å². The molecule has 108 valence electrons. The first-order chi connectivity index (χ1) is 10.2. The predicted octanol–water partition coefficient (Wildman–Crippen LogP) is 3.72. The minimum atomic E-state index is 0.116. The molecule has 2 aromatic rings. The Labute approximate surface area is 130 Å². The number of hydrogen-bond donors (Lipinski definition) is 1. The van der Waals surface area contributed by atoms with Crippen LogP contribution in [0, 0.1) is 25.7 Å². The van der Waals surface area contributed by atoms with Gasteiger partial charge in [0.2, 0.25) is 0 Å². The molecule has 2 rings (SSSR count). The summed E-state index contributed by atoms with van der Waals surface area (Å²) in [6, 6.07) is 12.4. The predicted molar refractivity (Wildman–Crippen MR) is 88.3 cm³/mol. The molecule has 1 heterocycles. The quantitative estimate of drug-likeness (QED) is 0.689. The number of benzene rings is 1. The van der Waals surface area contributed by atoms with Crippen molar-refractivity contribution in [3.63, 3.8) is 0 Å². The van der Waals surface area contributed by atoms with Gasteiger partial charge < -0.3 is 5.11 Å². The standard InChI is InChI=1S/C18H19NOS/c1-14-11-15(2)19-18(12-14)21-13-17-8-6-16(7-9-17)5-3-4-10-20/h6-9,11-12,20H,4,10,13H2,1-2H3. The van der Waals surface area contributed by atoms with Crippen LogP contribution < -0.4 is 0 Å². The van der Waals surface area contributed by atoms with E-state index in [2.05, 4.69) is 48.0 Å². The Balaban J connectivity index is 1.96. The molecular weight excluding hydrogens is 278 g/mol. The molecule has 1 aromatic carbocycles. The molecule has 1 N–H and O–H groups in total. The molecule has 0 radical (unpaired) electrons. The maximum atomic E-state index is 8.69. The van der Waals surface area contributed by atoms with Gasteiger partial charge in [-0.2, -0.15) is 0 Å². The Hall–Kier alpha value is -1.76. The van der Waals surface area contributed by atoms with Crippen molar-refractivity contribution < 1.29 is 5.11 Å². The van der Waals surface area contributed by atoms with Crippen molar-refractivity contribution in [3.8, 4) is 11.8 Å². The number of aliphatic hydroxyl groups excluding tert-OH is 1. The lowest BCUT2D eigenvalue weighted by Crippen LogP contribution is -1.88. The van der Waals surface area contributed by atoms with Crippen LogP contribution in [0.2, 0.25) is 0 Å². The highest BCUT2D eigenvalue weighted by molar-refractivity contribution is 7.98. The van der Waals surface area contributed by atoms with Gasteiger partial charge >= 0.3 is 0 Å². The molecule has 0 atom stereocenters. The van der Waals surface area contributed by atoms with Crippen molar-refractivity contribution in [2.45, 2.75) is 31.0 Å². The number of thioether (sulfide) groups is 1. The van der Waals surface area contributed by atoms with Gasteiger partial charge in [0.1, 0.15) is 0 Å². The normalized spacial score (nSPS) is 10.0. The van der Waals surface area contributed by atoms with Crippen LogP contribution in [0.5, 0.6) is 0 Å². The summed E-state index contributed by atoms with van der Waals surface area (Å²) in [6.45, 7) is 4.24. The molecule has 2 nitrogen and oxygen atoms in total. The molecule has 0 aliphatic rings. The van der Waals surface area contributed by atoms with Gasteiger partial charge in [-0.1, -0.05) is 24.0 Å². The molecule has 0 saturated heterocycles. The molecule has 21 heavy (non-hydrogen) atoms. The van der Waals surface area contributed by atoms with Crippen molar-refractivity contribution in [2.75, 3.05) is 6.61 Å². The van der Waals surface area contributed by atoms with Crippen LogP contribution >= 0.6 is 11.8 Å². The molecule has 0 saturated carbocycles. The molecule has 0 bridgehead atoms. The summed E-state index contributed by atoms with van der Waals surface area (Å²) in [5.41, 5.74) is 4.56. The Bertz CT molecular complexity index is 633. The number of aliphatic hydroxyl groups is 1. The Morgan fingerprint density at radius 2 is 1.90 bits per heavy atom. The van der Waals surface area contributed by atoms with E-state index in [1.807, 2.05) is 19.1 Å². The van der Waals surface area contributed by atoms with E-state index in [9.17, 15) is 0 Å². The van der Waals surface area contributed by atoms with Gasteiger partial charge in [-0.05, 0) is 49.2 Å². The maximum absolute atomic E-state index is 8.69. The lowest BCUT2D eigenvalue weighted by molar-refractivity contribution is 0.305. The van der Waals surface area contributed by atoms with Crippen LogP contribution in [0.3, 0.4) is 0 Å². The number of aromatic nitrogens is 1. The first-order valence-electron chi connectivity index (χ1n) is 6.94. The van der Waals surface area contributed by atoms with Crippen molar-refractivity contribution in [1.29, 1.82) is 0 Å². The fourth-order valence-corrected chi connectivity index (χ4v) is 2.93. The zero-order valence-electron chi connectivity index (χ0n) is 12.4. The minimum Gasteiger partial charge on any atom is -0.395 e. The van der Waals surface area contributed by atoms with Crippen molar-refractivity contribution in [2.24, 2.45) is 0 Å². The third-order valence-corrected chi connectivity index (χ3v) is 3.87. The first-order valence-corrected chi connectivity index (χ1v) is 7.93. The Morgan fingerprint density at radius 1 is 1.14 bits per heavy atom. The SMILES string of the molecule is Cc1cc(C)nc(SCc2ccc(C#CCCO)cc2)c1. The summed E-state index contributed by atoms with van der Waals surface area (Å²) >= 11 is 1.75. The number of hydrogen-bond acceptors (Lipinski definition) is 3. The second-order valence-corrected chi connectivity index (χ2v) is 5.88. The molecule has 3 heteroatoms. The van der Waals surface area contributed by atoms with Gasteiger partial charge in [0.05, 0.1) is 11.6 Å². The van der Waals surface area contributed by atoms with E-state index in [0.717, 1.165) is 22.0 Å². The molecule has 0 aliphatic carbocycles. The third kappa shape index (κ3) is 5.26. The minimum absolute atomic E-state index is 0.116. The van der Waals surface area contributed by atoms with Crippen LogP contribution in [0.4, 0.5) is 0 Å². The van der Waals surface area contributed by atoms with Crippen LogP contribution in [0.25, 0.3) is 0 Å². The second-order valence-electron chi connectivity index (χ2n) is 4.89. The lowest BCUT2D eigenvalue weighted by Gasteiger charge is -2.04. The van der Waals surface area contributed by atoms with Crippen molar-refractivity contribution in [3.05, 3.63) is 58.8 Å². The fraction of sp³-hybridized carbons (Fsp3) is 0.278. The highest BCUT2D eigenvalue weighted by atomic mass is 32.2. The lowest BCUT2D eigenvalue weighted by atomic mass is 10.1. The molecular formula is C18H19NOS. The summed E-state index contributed by atoms with van der Waals surface area (Å²) < 4.78 is 0. The maximum Gasteiger partial charge on any atom is 0.0968 e. The Kier molecular flexibility index (Phi) is 5.86. The molecule has 0 unspecified atom stereocenters. The van der Waals surface area contributed by atoms with Crippen molar-refractivity contribution >= 4 is 11.8 Å². The first kappa shape index (κ1) is 15.6. The molecule has 0 aliphatic heterocycles. The van der Waals surface area contributed by atoms with Gasteiger partial charge in [0.15, 0.2) is 0 Å². The van der Waals surface area contributed by atoms with Gasteiger partial charge in [-0.3, -0.25) is 0 Å².